The summed E-state index contributed by atoms with van der Waals surface area (Å²) in [6.07, 6.45) is 2.05. The smallest absolute Gasteiger partial charge is 0.264 e. The number of nitrogens with zero attached hydrogens (tertiary/aromatic N) is 1. The van der Waals surface area contributed by atoms with Crippen molar-refractivity contribution in [2.45, 2.75) is 12.8 Å². The molecule has 2 aromatic carbocycles. The van der Waals surface area contributed by atoms with Crippen LogP contribution in [0.25, 0.3) is 0 Å². The van der Waals surface area contributed by atoms with E-state index in [0.717, 1.165) is 34.4 Å². The summed E-state index contributed by atoms with van der Waals surface area (Å²) in [5.74, 6) is 0.745. The van der Waals surface area contributed by atoms with Crippen LogP contribution in [0.3, 0.4) is 0 Å². The van der Waals surface area contributed by atoms with Crippen molar-refractivity contribution in [1.29, 1.82) is 0 Å². The third kappa shape index (κ3) is 3.37. The molecule has 3 nitrogen and oxygen atoms in total. The Morgan fingerprint density at radius 3 is 2.71 bits per heavy atom. The van der Waals surface area contributed by atoms with Gasteiger partial charge >= 0.3 is 0 Å². The van der Waals surface area contributed by atoms with Crippen molar-refractivity contribution in [3.8, 4) is 5.75 Å². The van der Waals surface area contributed by atoms with Gasteiger partial charge in [-0.3, -0.25) is 4.79 Å². The van der Waals surface area contributed by atoms with Crippen LogP contribution in [-0.4, -0.2) is 19.1 Å². The van der Waals surface area contributed by atoms with Crippen LogP contribution in [-0.2, 0) is 11.2 Å². The van der Waals surface area contributed by atoms with Gasteiger partial charge in [0.1, 0.15) is 5.75 Å². The lowest BCUT2D eigenvalue weighted by Gasteiger charge is -2.29. The van der Waals surface area contributed by atoms with Gasteiger partial charge in [0.15, 0.2) is 6.61 Å². The van der Waals surface area contributed by atoms with Gasteiger partial charge in [-0.05, 0) is 71.3 Å². The first-order valence-electron chi connectivity index (χ1n) is 7.01. The monoisotopic (exact) mass is 393 g/mol. The largest absolute Gasteiger partial charge is 0.484 e. The Balaban J connectivity index is 1.68. The average Bonchev–Trinajstić information content (AvgIpc) is 2.53. The maximum atomic E-state index is 12.4. The number of rotatable bonds is 3. The number of benzene rings is 2. The Labute approximate surface area is 138 Å². The first kappa shape index (κ1) is 14.4. The fraction of sp³-hybridized carbons (Fsp3) is 0.235. The summed E-state index contributed by atoms with van der Waals surface area (Å²) in [5.41, 5.74) is 2.27. The minimum Gasteiger partial charge on any atom is -0.484 e. The molecule has 0 aromatic heterocycles. The van der Waals surface area contributed by atoms with E-state index in [-0.39, 0.29) is 12.5 Å². The average molecular weight is 393 g/mol. The summed E-state index contributed by atoms with van der Waals surface area (Å²) >= 11 is 2.24. The second kappa shape index (κ2) is 6.47. The number of para-hydroxylation sites is 1. The molecule has 0 atom stereocenters. The topological polar surface area (TPSA) is 29.5 Å². The standard InChI is InChI=1S/C17H16INO2/c18-14-7-9-15(10-8-14)21-12-17(20)19-11-3-5-13-4-1-2-6-16(13)19/h1-2,4,6-10H,3,5,11-12H2. The maximum absolute atomic E-state index is 12.4. The van der Waals surface area contributed by atoms with Crippen LogP contribution >= 0.6 is 22.6 Å². The van der Waals surface area contributed by atoms with Gasteiger partial charge in [-0.2, -0.15) is 0 Å². The molecule has 1 heterocycles. The predicted molar refractivity (Wildman–Crippen MR) is 91.8 cm³/mol. The molecule has 0 N–H and O–H groups in total. The number of halogens is 1. The van der Waals surface area contributed by atoms with Gasteiger partial charge in [0.2, 0.25) is 0 Å². The number of fused-ring (bicyclic) bond motifs is 1. The van der Waals surface area contributed by atoms with Gasteiger partial charge in [0.25, 0.3) is 5.91 Å². The molecule has 3 rings (SSSR count). The van der Waals surface area contributed by atoms with Gasteiger partial charge in [-0.15, -0.1) is 0 Å². The quantitative estimate of drug-likeness (QED) is 0.746. The van der Waals surface area contributed by atoms with Crippen LogP contribution in [0, 0.1) is 3.57 Å². The zero-order valence-corrected chi connectivity index (χ0v) is 13.7. The number of carbonyl (C=O) groups excluding carboxylic acids is 1. The van der Waals surface area contributed by atoms with Gasteiger partial charge < -0.3 is 9.64 Å². The first-order chi connectivity index (χ1) is 10.2. The summed E-state index contributed by atoms with van der Waals surface area (Å²) in [7, 11) is 0. The van der Waals surface area contributed by atoms with Crippen LogP contribution in [0.1, 0.15) is 12.0 Å². The van der Waals surface area contributed by atoms with E-state index in [0.29, 0.717) is 0 Å². The van der Waals surface area contributed by atoms with Gasteiger partial charge in [0, 0.05) is 15.8 Å². The van der Waals surface area contributed by atoms with E-state index < -0.39 is 0 Å². The minimum absolute atomic E-state index is 0.0145. The molecule has 0 bridgehead atoms. The van der Waals surface area contributed by atoms with Crippen molar-refractivity contribution in [1.82, 2.24) is 0 Å². The van der Waals surface area contributed by atoms with Gasteiger partial charge in [-0.1, -0.05) is 18.2 Å². The highest BCUT2D eigenvalue weighted by atomic mass is 127. The molecule has 0 radical (unpaired) electrons. The van der Waals surface area contributed by atoms with E-state index in [1.54, 1.807) is 0 Å². The lowest BCUT2D eigenvalue weighted by atomic mass is 10.0. The normalized spacial score (nSPS) is 13.7. The molecule has 4 heteroatoms. The lowest BCUT2D eigenvalue weighted by Crippen LogP contribution is -2.38. The van der Waals surface area contributed by atoms with E-state index in [1.807, 2.05) is 47.4 Å². The summed E-state index contributed by atoms with van der Waals surface area (Å²) < 4.78 is 6.75. The van der Waals surface area contributed by atoms with Crippen LogP contribution in [0.5, 0.6) is 5.75 Å². The molecule has 0 fully saturated rings. The fourth-order valence-corrected chi connectivity index (χ4v) is 2.91. The highest BCUT2D eigenvalue weighted by molar-refractivity contribution is 14.1. The third-order valence-corrected chi connectivity index (χ3v) is 4.31. The molecule has 0 aliphatic carbocycles. The molecule has 21 heavy (non-hydrogen) atoms. The molecule has 1 aliphatic rings. The molecule has 2 aromatic rings. The summed E-state index contributed by atoms with van der Waals surface area (Å²) in [6, 6.07) is 15.8. The van der Waals surface area contributed by atoms with E-state index in [1.165, 1.54) is 5.56 Å². The van der Waals surface area contributed by atoms with Crippen LogP contribution in [0.4, 0.5) is 5.69 Å². The first-order valence-corrected chi connectivity index (χ1v) is 8.08. The molecular formula is C17H16INO2. The van der Waals surface area contributed by atoms with Crippen molar-refractivity contribution >= 4 is 34.2 Å². The van der Waals surface area contributed by atoms with Crippen LogP contribution in [0.2, 0.25) is 0 Å². The molecule has 1 amide bonds. The Kier molecular flexibility index (Phi) is 4.43. The van der Waals surface area contributed by atoms with E-state index in [9.17, 15) is 4.79 Å². The van der Waals surface area contributed by atoms with E-state index in [4.69, 9.17) is 4.74 Å². The Bertz CT molecular complexity index is 639. The molecule has 0 saturated heterocycles. The number of aryl methyl sites for hydroxylation is 1. The number of anilines is 1. The second-order valence-corrected chi connectivity index (χ2v) is 6.27. The zero-order valence-electron chi connectivity index (χ0n) is 11.6. The summed E-state index contributed by atoms with van der Waals surface area (Å²) in [4.78, 5) is 14.2. The maximum Gasteiger partial charge on any atom is 0.264 e. The highest BCUT2D eigenvalue weighted by Crippen LogP contribution is 2.26. The van der Waals surface area contributed by atoms with Crippen molar-refractivity contribution < 1.29 is 9.53 Å². The third-order valence-electron chi connectivity index (χ3n) is 3.59. The summed E-state index contributed by atoms with van der Waals surface area (Å²) in [6.45, 7) is 0.848. The molecule has 1 aliphatic heterocycles. The molecule has 0 unspecified atom stereocenters. The van der Waals surface area contributed by atoms with Crippen molar-refractivity contribution in [2.75, 3.05) is 18.1 Å². The fourth-order valence-electron chi connectivity index (χ4n) is 2.55. The lowest BCUT2D eigenvalue weighted by molar-refractivity contribution is -0.120. The molecule has 0 saturated carbocycles. The minimum atomic E-state index is 0.0145. The van der Waals surface area contributed by atoms with Crippen molar-refractivity contribution in [2.24, 2.45) is 0 Å². The molecular weight excluding hydrogens is 377 g/mol. The number of carbonyl (C=O) groups is 1. The van der Waals surface area contributed by atoms with Gasteiger partial charge in [0.05, 0.1) is 0 Å². The van der Waals surface area contributed by atoms with Crippen molar-refractivity contribution in [3.05, 3.63) is 57.7 Å². The highest BCUT2D eigenvalue weighted by Gasteiger charge is 2.22. The number of amides is 1. The Morgan fingerprint density at radius 2 is 1.90 bits per heavy atom. The molecule has 108 valence electrons. The second-order valence-electron chi connectivity index (χ2n) is 5.02. The van der Waals surface area contributed by atoms with Crippen molar-refractivity contribution in [3.63, 3.8) is 0 Å². The van der Waals surface area contributed by atoms with E-state index >= 15 is 0 Å². The predicted octanol–water partition coefficient (Wildman–Crippen LogP) is 3.65. The number of hydrogen-bond donors (Lipinski definition) is 0. The zero-order chi connectivity index (χ0) is 14.7. The van der Waals surface area contributed by atoms with Gasteiger partial charge in [-0.25, -0.2) is 0 Å². The van der Waals surface area contributed by atoms with Crippen LogP contribution < -0.4 is 9.64 Å². The summed E-state index contributed by atoms with van der Waals surface area (Å²) in [5, 5.41) is 0. The number of hydrogen-bond acceptors (Lipinski definition) is 2. The SMILES string of the molecule is O=C(COc1ccc(I)cc1)N1CCCc2ccccc21. The van der Waals surface area contributed by atoms with E-state index in [2.05, 4.69) is 28.7 Å². The Hall–Kier alpha value is -1.56. The molecule has 0 spiro atoms. The Morgan fingerprint density at radius 1 is 1.14 bits per heavy atom. The number of ether oxygens (including phenoxy) is 1. The van der Waals surface area contributed by atoms with Crippen LogP contribution in [0.15, 0.2) is 48.5 Å².